The van der Waals surface area contributed by atoms with Gasteiger partial charge in [-0.2, -0.15) is 0 Å². The highest BCUT2D eigenvalue weighted by atomic mass is 16.5. The third kappa shape index (κ3) is 5.63. The number of benzene rings is 1. The Kier molecular flexibility index (Phi) is 6.03. The second kappa shape index (κ2) is 7.31. The summed E-state index contributed by atoms with van der Waals surface area (Å²) in [5.74, 6) is 0.0206. The summed E-state index contributed by atoms with van der Waals surface area (Å²) in [5.41, 5.74) is 1.08. The second-order valence-electron chi connectivity index (χ2n) is 5.94. The van der Waals surface area contributed by atoms with Gasteiger partial charge in [-0.1, -0.05) is 13.0 Å². The van der Waals surface area contributed by atoms with Gasteiger partial charge in [0.05, 0.1) is 7.11 Å². The van der Waals surface area contributed by atoms with Gasteiger partial charge < -0.3 is 19.9 Å². The van der Waals surface area contributed by atoms with E-state index in [1.54, 1.807) is 20.1 Å². The number of methoxy groups -OCH3 is 1. The number of carboxylic acid groups (broad SMARTS) is 1. The van der Waals surface area contributed by atoms with Gasteiger partial charge in [-0.3, -0.25) is 0 Å². The van der Waals surface area contributed by atoms with Crippen LogP contribution in [0.15, 0.2) is 18.2 Å². The summed E-state index contributed by atoms with van der Waals surface area (Å²) >= 11 is 0. The molecule has 0 spiro atoms. The molecule has 1 unspecified atom stereocenters. The van der Waals surface area contributed by atoms with Gasteiger partial charge in [0.25, 0.3) is 0 Å². The fourth-order valence-electron chi connectivity index (χ4n) is 1.75. The summed E-state index contributed by atoms with van der Waals surface area (Å²) in [5, 5.41) is 12.4. The highest BCUT2D eigenvalue weighted by Crippen LogP contribution is 2.29. The van der Waals surface area contributed by atoms with Crippen LogP contribution in [-0.2, 0) is 11.3 Å². The van der Waals surface area contributed by atoms with Gasteiger partial charge in [0.1, 0.15) is 0 Å². The van der Waals surface area contributed by atoms with Crippen molar-refractivity contribution in [1.82, 2.24) is 5.32 Å². The van der Waals surface area contributed by atoms with Crippen molar-refractivity contribution in [1.29, 1.82) is 0 Å². The molecule has 5 nitrogen and oxygen atoms in total. The van der Waals surface area contributed by atoms with Crippen LogP contribution < -0.4 is 14.8 Å². The van der Waals surface area contributed by atoms with Crippen LogP contribution in [0.2, 0.25) is 0 Å². The molecule has 21 heavy (non-hydrogen) atoms. The lowest BCUT2D eigenvalue weighted by atomic mass is 10.1. The van der Waals surface area contributed by atoms with E-state index in [2.05, 4.69) is 26.1 Å². The molecule has 1 atom stereocenters. The summed E-state index contributed by atoms with van der Waals surface area (Å²) in [7, 11) is 1.55. The van der Waals surface area contributed by atoms with Crippen molar-refractivity contribution in [3.05, 3.63) is 23.8 Å². The normalized spacial score (nSPS) is 12.8. The second-order valence-corrected chi connectivity index (χ2v) is 5.94. The number of nitrogens with one attached hydrogen (secondary N) is 1. The molecule has 0 aromatic heterocycles. The number of aliphatic carboxylic acids is 1. The molecule has 0 saturated heterocycles. The molecule has 0 heterocycles. The van der Waals surface area contributed by atoms with Gasteiger partial charge in [-0.15, -0.1) is 0 Å². The van der Waals surface area contributed by atoms with Crippen molar-refractivity contribution in [3.63, 3.8) is 0 Å². The highest BCUT2D eigenvalue weighted by molar-refractivity contribution is 5.72. The monoisotopic (exact) mass is 295 g/mol. The van der Waals surface area contributed by atoms with Gasteiger partial charge in [-0.05, 0) is 44.9 Å². The van der Waals surface area contributed by atoms with E-state index >= 15 is 0 Å². The van der Waals surface area contributed by atoms with Gasteiger partial charge in [0.2, 0.25) is 0 Å². The average molecular weight is 295 g/mol. The molecular weight excluding hydrogens is 270 g/mol. The maximum absolute atomic E-state index is 11.0. The summed E-state index contributed by atoms with van der Waals surface area (Å²) in [6.45, 7) is 8.77. The third-order valence-corrected chi connectivity index (χ3v) is 2.97. The van der Waals surface area contributed by atoms with Crippen molar-refractivity contribution in [2.75, 3.05) is 7.11 Å². The first-order chi connectivity index (χ1) is 9.76. The molecule has 0 radical (unpaired) electrons. The summed E-state index contributed by atoms with van der Waals surface area (Å²) in [6, 6.07) is 5.53. The van der Waals surface area contributed by atoms with Crippen LogP contribution in [-0.4, -0.2) is 29.8 Å². The van der Waals surface area contributed by atoms with Crippen molar-refractivity contribution in [2.24, 2.45) is 0 Å². The number of carbonyl (C=O) groups is 1. The van der Waals surface area contributed by atoms with Crippen LogP contribution >= 0.6 is 0 Å². The number of carboxylic acids is 1. The Labute approximate surface area is 126 Å². The zero-order valence-corrected chi connectivity index (χ0v) is 13.4. The Bertz CT molecular complexity index is 480. The minimum Gasteiger partial charge on any atom is -0.493 e. The van der Waals surface area contributed by atoms with Crippen molar-refractivity contribution in [2.45, 2.75) is 52.3 Å². The quantitative estimate of drug-likeness (QED) is 0.809. The lowest BCUT2D eigenvalue weighted by Gasteiger charge is -2.21. The average Bonchev–Trinajstić information content (AvgIpc) is 2.41. The zero-order valence-electron chi connectivity index (χ0n) is 13.4. The molecule has 1 aromatic rings. The lowest BCUT2D eigenvalue weighted by molar-refractivity contribution is -0.145. The Morgan fingerprint density at radius 2 is 2.00 bits per heavy atom. The zero-order chi connectivity index (χ0) is 16.0. The van der Waals surface area contributed by atoms with Crippen LogP contribution in [0.4, 0.5) is 0 Å². The van der Waals surface area contributed by atoms with Gasteiger partial charge in [0, 0.05) is 12.1 Å². The topological polar surface area (TPSA) is 67.8 Å². The first kappa shape index (κ1) is 17.3. The predicted octanol–water partition coefficient (Wildman–Crippen LogP) is 2.83. The minimum absolute atomic E-state index is 0.0268. The summed E-state index contributed by atoms with van der Waals surface area (Å²) in [6.07, 6.45) is -0.469. The SMILES string of the molecule is CCC(Oc1ccc(CNC(C)(C)C)cc1OC)C(=O)O. The number of hydrogen-bond donors (Lipinski definition) is 2. The molecule has 0 bridgehead atoms. The van der Waals surface area contributed by atoms with Gasteiger partial charge in [-0.25, -0.2) is 4.79 Å². The van der Waals surface area contributed by atoms with Crippen LogP contribution in [0.3, 0.4) is 0 Å². The van der Waals surface area contributed by atoms with E-state index in [1.807, 2.05) is 12.1 Å². The molecule has 2 N–H and O–H groups in total. The summed E-state index contributed by atoms with van der Waals surface area (Å²) < 4.78 is 10.8. The summed E-state index contributed by atoms with van der Waals surface area (Å²) in [4.78, 5) is 11.0. The molecule has 1 rings (SSSR count). The van der Waals surface area contributed by atoms with Crippen LogP contribution in [0.5, 0.6) is 11.5 Å². The molecule has 0 saturated carbocycles. The first-order valence-corrected chi connectivity index (χ1v) is 7.08. The standard InChI is InChI=1S/C16H25NO4/c1-6-12(15(18)19)21-13-8-7-11(9-14(13)20-5)10-17-16(2,3)4/h7-9,12,17H,6,10H2,1-5H3,(H,18,19). The van der Waals surface area contributed by atoms with Crippen LogP contribution in [0.25, 0.3) is 0 Å². The Morgan fingerprint density at radius 3 is 2.48 bits per heavy atom. The smallest absolute Gasteiger partial charge is 0.344 e. The van der Waals surface area contributed by atoms with Crippen molar-refractivity contribution < 1.29 is 19.4 Å². The van der Waals surface area contributed by atoms with Gasteiger partial charge >= 0.3 is 5.97 Å². The molecular formula is C16H25NO4. The van der Waals surface area contributed by atoms with Crippen LogP contribution in [0.1, 0.15) is 39.7 Å². The molecule has 1 aromatic carbocycles. The highest BCUT2D eigenvalue weighted by Gasteiger charge is 2.19. The van der Waals surface area contributed by atoms with Gasteiger partial charge in [0.15, 0.2) is 17.6 Å². The molecule has 0 aliphatic rings. The molecule has 0 aliphatic heterocycles. The number of rotatable bonds is 7. The molecule has 0 fully saturated rings. The Hall–Kier alpha value is -1.75. The van der Waals surface area contributed by atoms with E-state index in [-0.39, 0.29) is 5.54 Å². The van der Waals surface area contributed by atoms with E-state index in [1.165, 1.54) is 0 Å². The molecule has 0 aliphatic carbocycles. The fourth-order valence-corrected chi connectivity index (χ4v) is 1.75. The first-order valence-electron chi connectivity index (χ1n) is 7.08. The van der Waals surface area contributed by atoms with E-state index in [0.29, 0.717) is 24.5 Å². The fraction of sp³-hybridized carbons (Fsp3) is 0.562. The Morgan fingerprint density at radius 1 is 1.33 bits per heavy atom. The maximum Gasteiger partial charge on any atom is 0.344 e. The number of hydrogen-bond acceptors (Lipinski definition) is 4. The largest absolute Gasteiger partial charge is 0.493 e. The predicted molar refractivity (Wildman–Crippen MR) is 81.9 cm³/mol. The third-order valence-electron chi connectivity index (χ3n) is 2.97. The molecule has 0 amide bonds. The Balaban J connectivity index is 2.86. The van der Waals surface area contributed by atoms with Crippen molar-refractivity contribution >= 4 is 5.97 Å². The molecule has 5 heteroatoms. The molecule has 118 valence electrons. The van der Waals surface area contributed by atoms with E-state index < -0.39 is 12.1 Å². The maximum atomic E-state index is 11.0. The lowest BCUT2D eigenvalue weighted by Crippen LogP contribution is -2.35. The van der Waals surface area contributed by atoms with E-state index in [0.717, 1.165) is 5.56 Å². The van der Waals surface area contributed by atoms with Crippen LogP contribution in [0, 0.1) is 0 Å². The van der Waals surface area contributed by atoms with Crippen molar-refractivity contribution in [3.8, 4) is 11.5 Å². The van der Waals surface area contributed by atoms with E-state index in [4.69, 9.17) is 14.6 Å². The number of ether oxygens (including phenoxy) is 2. The van der Waals surface area contributed by atoms with E-state index in [9.17, 15) is 4.79 Å². The minimum atomic E-state index is -0.974.